The molecule has 0 N–H and O–H groups in total. The minimum atomic E-state index is 0.445. The molecule has 0 spiro atoms. The molecule has 1 aromatic heterocycles. The monoisotopic (exact) mass is 137 g/mol. The maximum absolute atomic E-state index is 5.56. The first-order valence-corrected chi connectivity index (χ1v) is 3.02. The van der Waals surface area contributed by atoms with Crippen LogP contribution in [0.2, 0.25) is 5.15 Å². The van der Waals surface area contributed by atoms with Crippen LogP contribution in [0.25, 0.3) is 0 Å². The molecule has 44 valence electrons. The largest absolute Gasteiger partial charge is 0.242 e. The molecule has 0 unspecified atom stereocenters. The lowest BCUT2D eigenvalue weighted by Crippen LogP contribution is -1.87. The third kappa shape index (κ3) is 1.72. The summed E-state index contributed by atoms with van der Waals surface area (Å²) in [6, 6.07) is 5.39. The molecule has 0 aliphatic rings. The van der Waals surface area contributed by atoms with Gasteiger partial charge in [0.15, 0.2) is 0 Å². The predicted octanol–water partition coefficient (Wildman–Crippen LogP) is 1.40. The van der Waals surface area contributed by atoms with Crippen LogP contribution < -0.4 is 0 Å². The smallest absolute Gasteiger partial charge is 0.129 e. The van der Waals surface area contributed by atoms with Crippen LogP contribution in [-0.2, 0) is 6.32 Å². The second kappa shape index (κ2) is 2.88. The normalized spacial score (nSPS) is 9.44. The highest BCUT2D eigenvalue weighted by atomic mass is 35.5. The number of nitrogens with zero attached hydrogens (tertiary/aromatic N) is 1. The zero-order valence-electron chi connectivity index (χ0n) is 4.84. The SMILES string of the molecule is [B]Cc1cccc(Cl)n1. The van der Waals surface area contributed by atoms with E-state index in [2.05, 4.69) is 4.98 Å². The summed E-state index contributed by atoms with van der Waals surface area (Å²) in [6.45, 7) is 0. The minimum Gasteiger partial charge on any atom is -0.242 e. The number of aromatic nitrogens is 1. The summed E-state index contributed by atoms with van der Waals surface area (Å²) in [4.78, 5) is 3.93. The summed E-state index contributed by atoms with van der Waals surface area (Å²) in [7, 11) is 5.30. The van der Waals surface area contributed by atoms with Gasteiger partial charge in [0.2, 0.25) is 0 Å². The molecule has 1 heterocycles. The molecule has 0 aromatic carbocycles. The molecular formula is C6H5BClN. The first-order valence-electron chi connectivity index (χ1n) is 2.64. The van der Waals surface area contributed by atoms with Gasteiger partial charge in [-0.3, -0.25) is 0 Å². The lowest BCUT2D eigenvalue weighted by atomic mass is 10.0. The standard InChI is InChI=1S/C6H5BClN/c7-4-5-2-1-3-6(8)9-5/h1-3H,4H2. The lowest BCUT2D eigenvalue weighted by molar-refractivity contribution is 1.17. The van der Waals surface area contributed by atoms with E-state index in [0.29, 0.717) is 11.5 Å². The number of pyridine rings is 1. The Morgan fingerprint density at radius 1 is 1.56 bits per heavy atom. The fraction of sp³-hybridized carbons (Fsp3) is 0.167. The Kier molecular flexibility index (Phi) is 2.12. The summed E-state index contributed by atoms with van der Waals surface area (Å²) < 4.78 is 0. The maximum atomic E-state index is 5.56. The van der Waals surface area contributed by atoms with Crippen LogP contribution in [0.5, 0.6) is 0 Å². The maximum Gasteiger partial charge on any atom is 0.129 e. The first-order chi connectivity index (χ1) is 4.33. The van der Waals surface area contributed by atoms with Gasteiger partial charge in [0.05, 0.1) is 7.85 Å². The quantitative estimate of drug-likeness (QED) is 0.421. The topological polar surface area (TPSA) is 12.9 Å². The summed E-state index contributed by atoms with van der Waals surface area (Å²) in [5.74, 6) is 0. The van der Waals surface area contributed by atoms with Crippen molar-refractivity contribution in [2.75, 3.05) is 0 Å². The fourth-order valence-electron chi connectivity index (χ4n) is 0.564. The molecule has 0 saturated heterocycles. The molecule has 1 aromatic rings. The molecule has 1 nitrogen and oxygen atoms in total. The Morgan fingerprint density at radius 2 is 2.33 bits per heavy atom. The van der Waals surface area contributed by atoms with Crippen molar-refractivity contribution in [1.82, 2.24) is 4.98 Å². The third-order valence-electron chi connectivity index (χ3n) is 0.982. The van der Waals surface area contributed by atoms with Gasteiger partial charge in [-0.2, -0.15) is 0 Å². The molecule has 0 saturated carbocycles. The van der Waals surface area contributed by atoms with Gasteiger partial charge in [-0.05, 0) is 18.5 Å². The second-order valence-corrected chi connectivity index (χ2v) is 2.04. The molecule has 0 atom stereocenters. The number of hydrogen-bond acceptors (Lipinski definition) is 1. The highest BCUT2D eigenvalue weighted by molar-refractivity contribution is 6.29. The summed E-state index contributed by atoms with van der Waals surface area (Å²) in [5, 5.41) is 0.498. The molecule has 0 aliphatic carbocycles. The lowest BCUT2D eigenvalue weighted by Gasteiger charge is -1.93. The van der Waals surface area contributed by atoms with Crippen LogP contribution in [0, 0.1) is 0 Å². The molecule has 0 aliphatic heterocycles. The summed E-state index contributed by atoms with van der Waals surface area (Å²) in [6.07, 6.45) is 0.445. The van der Waals surface area contributed by atoms with Gasteiger partial charge in [-0.15, -0.1) is 0 Å². The molecule has 0 fully saturated rings. The second-order valence-electron chi connectivity index (χ2n) is 1.66. The average Bonchev–Trinajstić information content (AvgIpc) is 1.88. The number of halogens is 1. The van der Waals surface area contributed by atoms with Gasteiger partial charge in [0, 0.05) is 5.69 Å². The predicted molar refractivity (Wildman–Crippen MR) is 38.7 cm³/mol. The molecule has 0 amide bonds. The van der Waals surface area contributed by atoms with Crippen LogP contribution >= 0.6 is 11.6 Å². The van der Waals surface area contributed by atoms with Gasteiger partial charge < -0.3 is 0 Å². The number of hydrogen-bond donors (Lipinski definition) is 0. The minimum absolute atomic E-state index is 0.445. The Morgan fingerprint density at radius 3 is 2.78 bits per heavy atom. The third-order valence-corrected chi connectivity index (χ3v) is 1.19. The van der Waals surface area contributed by atoms with Crippen molar-refractivity contribution >= 4 is 19.4 Å². The van der Waals surface area contributed by atoms with E-state index in [1.165, 1.54) is 0 Å². The molecule has 9 heavy (non-hydrogen) atoms. The van der Waals surface area contributed by atoms with E-state index in [0.717, 1.165) is 5.69 Å². The van der Waals surface area contributed by atoms with Gasteiger partial charge in [0.1, 0.15) is 5.15 Å². The summed E-state index contributed by atoms with van der Waals surface area (Å²) >= 11 is 5.56. The van der Waals surface area contributed by atoms with E-state index in [9.17, 15) is 0 Å². The molecule has 0 bridgehead atoms. The van der Waals surface area contributed by atoms with Crippen molar-refractivity contribution in [3.05, 3.63) is 29.0 Å². The first kappa shape index (κ1) is 6.62. The van der Waals surface area contributed by atoms with Gasteiger partial charge in [0.25, 0.3) is 0 Å². The zero-order chi connectivity index (χ0) is 6.69. The van der Waals surface area contributed by atoms with Crippen LogP contribution in [0.3, 0.4) is 0 Å². The average molecular weight is 137 g/mol. The van der Waals surface area contributed by atoms with Crippen LogP contribution in [0.4, 0.5) is 0 Å². The van der Waals surface area contributed by atoms with E-state index in [1.54, 1.807) is 6.07 Å². The Balaban J connectivity index is 2.94. The summed E-state index contributed by atoms with van der Waals surface area (Å²) in [5.41, 5.74) is 0.822. The van der Waals surface area contributed by atoms with Crippen molar-refractivity contribution in [2.24, 2.45) is 0 Å². The van der Waals surface area contributed by atoms with Crippen LogP contribution in [-0.4, -0.2) is 12.8 Å². The number of rotatable bonds is 1. The zero-order valence-corrected chi connectivity index (χ0v) is 5.60. The van der Waals surface area contributed by atoms with Crippen molar-refractivity contribution in [3.8, 4) is 0 Å². The fourth-order valence-corrected chi connectivity index (χ4v) is 0.745. The van der Waals surface area contributed by atoms with Gasteiger partial charge in [-0.1, -0.05) is 17.7 Å². The van der Waals surface area contributed by atoms with Crippen molar-refractivity contribution in [1.29, 1.82) is 0 Å². The van der Waals surface area contributed by atoms with Crippen LogP contribution in [0.15, 0.2) is 18.2 Å². The molecule has 3 heteroatoms. The van der Waals surface area contributed by atoms with Gasteiger partial charge in [-0.25, -0.2) is 4.98 Å². The van der Waals surface area contributed by atoms with Crippen molar-refractivity contribution < 1.29 is 0 Å². The molecule has 1 rings (SSSR count). The Bertz CT molecular complexity index is 202. The molecule has 2 radical (unpaired) electrons. The highest BCUT2D eigenvalue weighted by Gasteiger charge is 1.88. The molecular weight excluding hydrogens is 132 g/mol. The van der Waals surface area contributed by atoms with Crippen LogP contribution in [0.1, 0.15) is 5.69 Å². The van der Waals surface area contributed by atoms with E-state index < -0.39 is 0 Å². The van der Waals surface area contributed by atoms with Crippen molar-refractivity contribution in [3.63, 3.8) is 0 Å². The Hall–Kier alpha value is -0.495. The van der Waals surface area contributed by atoms with Crippen molar-refractivity contribution in [2.45, 2.75) is 6.32 Å². The van der Waals surface area contributed by atoms with E-state index in [4.69, 9.17) is 19.4 Å². The van der Waals surface area contributed by atoms with E-state index in [-0.39, 0.29) is 0 Å². The van der Waals surface area contributed by atoms with Gasteiger partial charge >= 0.3 is 0 Å². The van der Waals surface area contributed by atoms with E-state index in [1.807, 2.05) is 12.1 Å². The Labute approximate surface area is 60.5 Å². The highest BCUT2D eigenvalue weighted by Crippen LogP contribution is 2.03. The van der Waals surface area contributed by atoms with E-state index >= 15 is 0 Å².